The second kappa shape index (κ2) is 6.46. The van der Waals surface area contributed by atoms with E-state index in [1.165, 1.54) is 5.56 Å². The number of rotatable bonds is 4. The van der Waals surface area contributed by atoms with Crippen LogP contribution in [0.3, 0.4) is 0 Å². The van der Waals surface area contributed by atoms with Crippen molar-refractivity contribution in [3.8, 4) is 11.5 Å². The summed E-state index contributed by atoms with van der Waals surface area (Å²) in [6.07, 6.45) is 0.989. The monoisotopic (exact) mass is 279 g/mol. The van der Waals surface area contributed by atoms with Gasteiger partial charge in [0.05, 0.1) is 14.2 Å². The average molecular weight is 279 g/mol. The molecule has 1 aromatic rings. The third-order valence-corrected chi connectivity index (χ3v) is 4.17. The highest BCUT2D eigenvalue weighted by atomic mass is 16.5. The van der Waals surface area contributed by atoms with Crippen molar-refractivity contribution >= 4 is 0 Å². The lowest BCUT2D eigenvalue weighted by Crippen LogP contribution is -2.38. The Balaban J connectivity index is 2.34. The summed E-state index contributed by atoms with van der Waals surface area (Å²) in [5.41, 5.74) is 2.26. The van der Waals surface area contributed by atoms with Gasteiger partial charge in [-0.15, -0.1) is 0 Å². The van der Waals surface area contributed by atoms with E-state index in [0.717, 1.165) is 36.6 Å². The molecule has 1 heterocycles. The van der Waals surface area contributed by atoms with Crippen molar-refractivity contribution in [3.05, 3.63) is 23.3 Å². The summed E-state index contributed by atoms with van der Waals surface area (Å²) >= 11 is 0. The second-order valence-electron chi connectivity index (χ2n) is 5.77. The highest BCUT2D eigenvalue weighted by Gasteiger charge is 2.28. The molecule has 0 unspecified atom stereocenters. The molecular weight excluding hydrogens is 254 g/mol. The molecule has 1 aliphatic heterocycles. The van der Waals surface area contributed by atoms with Crippen LogP contribution in [0.1, 0.15) is 23.5 Å². The zero-order valence-corrected chi connectivity index (χ0v) is 12.8. The van der Waals surface area contributed by atoms with E-state index in [1.807, 2.05) is 13.0 Å². The maximum absolute atomic E-state index is 9.46. The minimum absolute atomic E-state index is 0.242. The molecule has 2 atom stereocenters. The molecule has 0 aromatic heterocycles. The summed E-state index contributed by atoms with van der Waals surface area (Å²) in [6, 6.07) is 4.13. The molecule has 0 spiro atoms. The molecule has 1 N–H and O–H groups in total. The molecule has 1 fully saturated rings. The fourth-order valence-electron chi connectivity index (χ4n) is 3.19. The van der Waals surface area contributed by atoms with E-state index >= 15 is 0 Å². The van der Waals surface area contributed by atoms with Crippen molar-refractivity contribution in [1.82, 2.24) is 4.90 Å². The van der Waals surface area contributed by atoms with Crippen LogP contribution in [0, 0.1) is 12.8 Å². The van der Waals surface area contributed by atoms with E-state index < -0.39 is 0 Å². The zero-order chi connectivity index (χ0) is 14.7. The first kappa shape index (κ1) is 15.1. The van der Waals surface area contributed by atoms with Gasteiger partial charge in [-0.25, -0.2) is 0 Å². The summed E-state index contributed by atoms with van der Waals surface area (Å²) in [5.74, 6) is 2.51. The molecule has 4 nitrogen and oxygen atoms in total. The maximum atomic E-state index is 9.46. The Morgan fingerprint density at radius 2 is 1.90 bits per heavy atom. The number of aliphatic hydroxyl groups is 1. The summed E-state index contributed by atoms with van der Waals surface area (Å²) in [5, 5.41) is 9.46. The van der Waals surface area contributed by atoms with Crippen LogP contribution in [-0.4, -0.2) is 51.0 Å². The molecule has 0 amide bonds. The van der Waals surface area contributed by atoms with Crippen LogP contribution < -0.4 is 9.47 Å². The Morgan fingerprint density at radius 3 is 2.50 bits per heavy atom. The van der Waals surface area contributed by atoms with Gasteiger partial charge >= 0.3 is 0 Å². The second-order valence-corrected chi connectivity index (χ2v) is 5.77. The molecule has 2 rings (SSSR count). The fraction of sp³-hybridized carbons (Fsp3) is 0.625. The first-order chi connectivity index (χ1) is 9.58. The van der Waals surface area contributed by atoms with Crippen molar-refractivity contribution < 1.29 is 14.6 Å². The third-order valence-electron chi connectivity index (χ3n) is 4.17. The predicted octanol–water partition coefficient (Wildman–Crippen LogP) is 2.04. The molecule has 0 saturated carbocycles. The normalized spacial score (nSPS) is 23.6. The molecule has 0 bridgehead atoms. The Morgan fingerprint density at radius 1 is 1.20 bits per heavy atom. The molecular formula is C16H25NO3. The third kappa shape index (κ3) is 3.07. The van der Waals surface area contributed by atoms with Gasteiger partial charge in [0, 0.05) is 31.2 Å². The van der Waals surface area contributed by atoms with Crippen LogP contribution in [0.15, 0.2) is 12.1 Å². The number of likely N-dealkylation sites (N-methyl/N-ethyl adjacent to an activating group) is 1. The summed E-state index contributed by atoms with van der Waals surface area (Å²) < 4.78 is 11.0. The smallest absolute Gasteiger partial charge is 0.122 e. The number of aliphatic hydroxyl groups excluding tert-OH is 1. The summed E-state index contributed by atoms with van der Waals surface area (Å²) in [7, 11) is 5.51. The van der Waals surface area contributed by atoms with Crippen LogP contribution >= 0.6 is 0 Å². The van der Waals surface area contributed by atoms with E-state index in [2.05, 4.69) is 18.0 Å². The van der Waals surface area contributed by atoms with E-state index in [1.54, 1.807) is 14.2 Å². The summed E-state index contributed by atoms with van der Waals surface area (Å²) in [6.45, 7) is 4.21. The van der Waals surface area contributed by atoms with Crippen LogP contribution in [-0.2, 0) is 0 Å². The largest absolute Gasteiger partial charge is 0.496 e. The van der Waals surface area contributed by atoms with E-state index in [0.29, 0.717) is 11.8 Å². The Kier molecular flexibility index (Phi) is 4.89. The van der Waals surface area contributed by atoms with Crippen molar-refractivity contribution in [3.63, 3.8) is 0 Å². The molecule has 1 aromatic carbocycles. The van der Waals surface area contributed by atoms with Gasteiger partial charge < -0.3 is 19.5 Å². The Bertz CT molecular complexity index is 461. The van der Waals surface area contributed by atoms with Gasteiger partial charge in [-0.2, -0.15) is 0 Å². The number of hydrogen-bond donors (Lipinski definition) is 1. The zero-order valence-electron chi connectivity index (χ0n) is 12.8. The average Bonchev–Trinajstić information content (AvgIpc) is 2.46. The van der Waals surface area contributed by atoms with Gasteiger partial charge in [-0.05, 0) is 44.0 Å². The highest BCUT2D eigenvalue weighted by molar-refractivity contribution is 5.47. The SMILES string of the molecule is COc1cc([C@H]2C[C@@H](CO)CN(C)C2)c(OC)cc1C. The Hall–Kier alpha value is -1.26. The fourth-order valence-corrected chi connectivity index (χ4v) is 3.19. The van der Waals surface area contributed by atoms with Crippen LogP contribution in [0.5, 0.6) is 11.5 Å². The number of nitrogens with zero attached hydrogens (tertiary/aromatic N) is 1. The molecule has 0 radical (unpaired) electrons. The van der Waals surface area contributed by atoms with Crippen molar-refractivity contribution in [2.24, 2.45) is 5.92 Å². The van der Waals surface area contributed by atoms with Crippen molar-refractivity contribution in [2.45, 2.75) is 19.3 Å². The molecule has 0 aliphatic carbocycles. The van der Waals surface area contributed by atoms with Crippen LogP contribution in [0.25, 0.3) is 0 Å². The van der Waals surface area contributed by atoms with Crippen LogP contribution in [0.2, 0.25) is 0 Å². The topological polar surface area (TPSA) is 41.9 Å². The molecule has 20 heavy (non-hydrogen) atoms. The number of likely N-dealkylation sites (tertiary alicyclic amines) is 1. The first-order valence-electron chi connectivity index (χ1n) is 7.11. The van der Waals surface area contributed by atoms with E-state index in [-0.39, 0.29) is 6.61 Å². The van der Waals surface area contributed by atoms with Gasteiger partial charge in [0.1, 0.15) is 11.5 Å². The van der Waals surface area contributed by atoms with Crippen molar-refractivity contribution in [2.75, 3.05) is 41.0 Å². The lowest BCUT2D eigenvalue weighted by molar-refractivity contribution is 0.124. The minimum atomic E-state index is 0.242. The van der Waals surface area contributed by atoms with E-state index in [9.17, 15) is 5.11 Å². The lowest BCUT2D eigenvalue weighted by atomic mass is 9.84. The number of piperidine rings is 1. The molecule has 4 heteroatoms. The molecule has 1 aliphatic rings. The lowest BCUT2D eigenvalue weighted by Gasteiger charge is -2.35. The van der Waals surface area contributed by atoms with E-state index in [4.69, 9.17) is 9.47 Å². The summed E-state index contributed by atoms with van der Waals surface area (Å²) in [4.78, 5) is 2.28. The maximum Gasteiger partial charge on any atom is 0.122 e. The highest BCUT2D eigenvalue weighted by Crippen LogP contribution is 2.38. The van der Waals surface area contributed by atoms with Crippen molar-refractivity contribution in [1.29, 1.82) is 0 Å². The number of benzene rings is 1. The van der Waals surface area contributed by atoms with Gasteiger partial charge in [-0.1, -0.05) is 0 Å². The van der Waals surface area contributed by atoms with Gasteiger partial charge in [0.15, 0.2) is 0 Å². The number of methoxy groups -OCH3 is 2. The number of aryl methyl sites for hydroxylation is 1. The van der Waals surface area contributed by atoms with Crippen LogP contribution in [0.4, 0.5) is 0 Å². The standard InChI is InChI=1S/C16H25NO3/c1-11-5-16(20-4)14(7-15(11)19-3)13-6-12(10-18)8-17(2)9-13/h5,7,12-13,18H,6,8-10H2,1-4H3/t12-,13+/m1/s1. The van der Waals surface area contributed by atoms with Gasteiger partial charge in [0.2, 0.25) is 0 Å². The Labute approximate surface area is 121 Å². The predicted molar refractivity (Wildman–Crippen MR) is 79.7 cm³/mol. The van der Waals surface area contributed by atoms with Gasteiger partial charge in [-0.3, -0.25) is 0 Å². The number of ether oxygens (including phenoxy) is 2. The van der Waals surface area contributed by atoms with Gasteiger partial charge in [0.25, 0.3) is 0 Å². The molecule has 1 saturated heterocycles. The quantitative estimate of drug-likeness (QED) is 0.916. The minimum Gasteiger partial charge on any atom is -0.496 e. The molecule has 112 valence electrons. The first-order valence-corrected chi connectivity index (χ1v) is 7.11. The number of hydrogen-bond acceptors (Lipinski definition) is 4.